The largest absolute Gasteiger partial charge is 0.326 e. The summed E-state index contributed by atoms with van der Waals surface area (Å²) in [5.74, 6) is 0. The van der Waals surface area contributed by atoms with Crippen LogP contribution >= 0.6 is 11.6 Å². The Hall–Kier alpha value is -0.620. The molecule has 0 saturated carbocycles. The highest BCUT2D eigenvalue weighted by molar-refractivity contribution is 7.89. The predicted octanol–water partition coefficient (Wildman–Crippen LogP) is 2.27. The van der Waals surface area contributed by atoms with Gasteiger partial charge in [-0.05, 0) is 30.5 Å². The Balaban J connectivity index is 3.05. The second kappa shape index (κ2) is 6.52. The van der Waals surface area contributed by atoms with Gasteiger partial charge >= 0.3 is 0 Å². The van der Waals surface area contributed by atoms with Crippen LogP contribution in [-0.4, -0.2) is 14.5 Å². The Kier molecular flexibility index (Phi) is 5.59. The second-order valence-corrected chi connectivity index (χ2v) is 6.19. The van der Waals surface area contributed by atoms with Gasteiger partial charge in [-0.3, -0.25) is 0 Å². The van der Waals surface area contributed by atoms with Gasteiger partial charge in [-0.1, -0.05) is 31.5 Å². The van der Waals surface area contributed by atoms with Gasteiger partial charge < -0.3 is 5.73 Å². The number of sulfonamides is 1. The van der Waals surface area contributed by atoms with Crippen molar-refractivity contribution < 1.29 is 8.42 Å². The maximum atomic E-state index is 12.2. The number of hydrogen-bond acceptors (Lipinski definition) is 3. The van der Waals surface area contributed by atoms with Crippen LogP contribution in [0.2, 0.25) is 5.02 Å². The second-order valence-electron chi connectivity index (χ2n) is 4.10. The highest BCUT2D eigenvalue weighted by Crippen LogP contribution is 2.23. The number of nitrogens with one attached hydrogen (secondary N) is 1. The third-order valence-electron chi connectivity index (χ3n) is 2.83. The average Bonchev–Trinajstić information content (AvgIpc) is 2.35. The minimum atomic E-state index is -3.56. The molecule has 6 heteroatoms. The zero-order valence-corrected chi connectivity index (χ0v) is 12.2. The standard InChI is InChI=1S/C12H19ClN2O2S/c1-3-10(4-2)15-18(16,17)12-6-5-9(8-14)7-11(12)13/h5-7,10,15H,3-4,8,14H2,1-2H3. The van der Waals surface area contributed by atoms with Crippen molar-refractivity contribution in [3.8, 4) is 0 Å². The van der Waals surface area contributed by atoms with Crippen LogP contribution in [0.15, 0.2) is 23.1 Å². The Labute approximate surface area is 114 Å². The van der Waals surface area contributed by atoms with Gasteiger partial charge in [0.05, 0.1) is 5.02 Å². The maximum Gasteiger partial charge on any atom is 0.242 e. The van der Waals surface area contributed by atoms with E-state index in [0.717, 1.165) is 18.4 Å². The molecule has 0 aliphatic rings. The minimum Gasteiger partial charge on any atom is -0.326 e. The lowest BCUT2D eigenvalue weighted by molar-refractivity contribution is 0.530. The first-order valence-electron chi connectivity index (χ1n) is 5.95. The van der Waals surface area contributed by atoms with Crippen LogP contribution in [0.4, 0.5) is 0 Å². The zero-order valence-electron chi connectivity index (χ0n) is 10.6. The fraction of sp³-hybridized carbons (Fsp3) is 0.500. The van der Waals surface area contributed by atoms with Crippen LogP contribution in [-0.2, 0) is 16.6 Å². The molecule has 0 fully saturated rings. The van der Waals surface area contributed by atoms with Gasteiger partial charge in [-0.2, -0.15) is 0 Å². The van der Waals surface area contributed by atoms with E-state index in [1.54, 1.807) is 12.1 Å². The molecule has 0 aliphatic carbocycles. The van der Waals surface area contributed by atoms with Crippen molar-refractivity contribution >= 4 is 21.6 Å². The summed E-state index contributed by atoms with van der Waals surface area (Å²) in [6, 6.07) is 4.69. The maximum absolute atomic E-state index is 12.2. The van der Waals surface area contributed by atoms with E-state index in [2.05, 4.69) is 4.72 Å². The quantitative estimate of drug-likeness (QED) is 0.844. The molecule has 1 rings (SSSR count). The van der Waals surface area contributed by atoms with Crippen molar-refractivity contribution in [1.82, 2.24) is 4.72 Å². The summed E-state index contributed by atoms with van der Waals surface area (Å²) < 4.78 is 27.0. The van der Waals surface area contributed by atoms with Gasteiger partial charge in [-0.25, -0.2) is 13.1 Å². The SMILES string of the molecule is CCC(CC)NS(=O)(=O)c1ccc(CN)cc1Cl. The molecular weight excluding hydrogens is 272 g/mol. The molecule has 0 bridgehead atoms. The number of hydrogen-bond donors (Lipinski definition) is 2. The molecule has 0 heterocycles. The molecule has 0 unspecified atom stereocenters. The third-order valence-corrected chi connectivity index (χ3v) is 4.83. The Morgan fingerprint density at radius 2 is 1.94 bits per heavy atom. The number of benzene rings is 1. The molecule has 0 spiro atoms. The molecule has 0 aromatic heterocycles. The van der Waals surface area contributed by atoms with Crippen molar-refractivity contribution in [2.24, 2.45) is 5.73 Å². The number of halogens is 1. The lowest BCUT2D eigenvalue weighted by Gasteiger charge is -2.16. The highest BCUT2D eigenvalue weighted by Gasteiger charge is 2.20. The molecule has 0 saturated heterocycles. The first kappa shape index (κ1) is 15.4. The summed E-state index contributed by atoms with van der Waals surface area (Å²) in [6.45, 7) is 4.21. The van der Waals surface area contributed by atoms with Gasteiger partial charge in [0.2, 0.25) is 10.0 Å². The first-order chi connectivity index (χ1) is 8.44. The van der Waals surface area contributed by atoms with E-state index < -0.39 is 10.0 Å². The lowest BCUT2D eigenvalue weighted by Crippen LogP contribution is -2.34. The summed E-state index contributed by atoms with van der Waals surface area (Å²) >= 11 is 5.99. The van der Waals surface area contributed by atoms with E-state index in [-0.39, 0.29) is 16.0 Å². The predicted molar refractivity (Wildman–Crippen MR) is 74.0 cm³/mol. The summed E-state index contributed by atoms with van der Waals surface area (Å²) in [5.41, 5.74) is 6.28. The molecule has 3 N–H and O–H groups in total. The summed E-state index contributed by atoms with van der Waals surface area (Å²) in [7, 11) is -3.56. The minimum absolute atomic E-state index is 0.0692. The van der Waals surface area contributed by atoms with Crippen molar-refractivity contribution in [2.45, 2.75) is 44.2 Å². The van der Waals surface area contributed by atoms with E-state index >= 15 is 0 Å². The van der Waals surface area contributed by atoms with Crippen LogP contribution < -0.4 is 10.5 Å². The molecule has 1 aromatic rings. The van der Waals surface area contributed by atoms with Crippen molar-refractivity contribution in [2.75, 3.05) is 0 Å². The summed E-state index contributed by atoms with van der Waals surface area (Å²) in [5, 5.41) is 0.205. The molecule has 18 heavy (non-hydrogen) atoms. The fourth-order valence-corrected chi connectivity index (χ4v) is 3.60. The molecule has 0 aliphatic heterocycles. The van der Waals surface area contributed by atoms with E-state index in [9.17, 15) is 8.42 Å². The van der Waals surface area contributed by atoms with Crippen LogP contribution in [0.5, 0.6) is 0 Å². The molecule has 0 radical (unpaired) electrons. The van der Waals surface area contributed by atoms with E-state index in [4.69, 9.17) is 17.3 Å². The lowest BCUT2D eigenvalue weighted by atomic mass is 10.2. The zero-order chi connectivity index (χ0) is 13.8. The van der Waals surface area contributed by atoms with E-state index in [1.807, 2.05) is 13.8 Å². The molecular formula is C12H19ClN2O2S. The summed E-state index contributed by atoms with van der Waals surface area (Å²) in [6.07, 6.45) is 1.49. The average molecular weight is 291 g/mol. The Morgan fingerprint density at radius 1 is 1.33 bits per heavy atom. The first-order valence-corrected chi connectivity index (χ1v) is 7.81. The van der Waals surface area contributed by atoms with Gasteiger partial charge in [0.15, 0.2) is 0 Å². The number of nitrogens with two attached hydrogens (primary N) is 1. The molecule has 0 amide bonds. The summed E-state index contributed by atoms with van der Waals surface area (Å²) in [4.78, 5) is 0.105. The highest BCUT2D eigenvalue weighted by atomic mass is 35.5. The van der Waals surface area contributed by atoms with Crippen LogP contribution in [0.3, 0.4) is 0 Å². The smallest absolute Gasteiger partial charge is 0.242 e. The van der Waals surface area contributed by atoms with Gasteiger partial charge in [-0.15, -0.1) is 0 Å². The molecule has 1 aromatic carbocycles. The van der Waals surface area contributed by atoms with Crippen molar-refractivity contribution in [1.29, 1.82) is 0 Å². The Bertz CT molecular complexity index is 499. The van der Waals surface area contributed by atoms with Gasteiger partial charge in [0, 0.05) is 12.6 Å². The Morgan fingerprint density at radius 3 is 2.39 bits per heavy atom. The van der Waals surface area contributed by atoms with E-state index in [0.29, 0.717) is 6.54 Å². The number of rotatable bonds is 6. The van der Waals surface area contributed by atoms with Crippen molar-refractivity contribution in [3.05, 3.63) is 28.8 Å². The van der Waals surface area contributed by atoms with Crippen LogP contribution in [0, 0.1) is 0 Å². The van der Waals surface area contributed by atoms with E-state index in [1.165, 1.54) is 6.07 Å². The third kappa shape index (κ3) is 3.68. The monoisotopic (exact) mass is 290 g/mol. The molecule has 4 nitrogen and oxygen atoms in total. The van der Waals surface area contributed by atoms with Crippen molar-refractivity contribution in [3.63, 3.8) is 0 Å². The molecule has 0 atom stereocenters. The van der Waals surface area contributed by atoms with Crippen LogP contribution in [0.1, 0.15) is 32.3 Å². The van der Waals surface area contributed by atoms with Gasteiger partial charge in [0.25, 0.3) is 0 Å². The fourth-order valence-electron chi connectivity index (χ4n) is 1.63. The topological polar surface area (TPSA) is 72.2 Å². The van der Waals surface area contributed by atoms with Gasteiger partial charge in [0.1, 0.15) is 4.90 Å². The molecule has 102 valence electrons. The normalized spacial score (nSPS) is 12.1. The van der Waals surface area contributed by atoms with Crippen LogP contribution in [0.25, 0.3) is 0 Å².